The first-order valence-corrected chi connectivity index (χ1v) is 11.2. The summed E-state index contributed by atoms with van der Waals surface area (Å²) in [6.45, 7) is 4.97. The molecule has 3 aromatic rings. The van der Waals surface area contributed by atoms with Gasteiger partial charge in [-0.1, -0.05) is 24.3 Å². The summed E-state index contributed by atoms with van der Waals surface area (Å²) in [5.74, 6) is -0.202. The number of amides is 2. The largest absolute Gasteiger partial charge is 0.380 e. The average Bonchev–Trinajstić information content (AvgIpc) is 3.28. The Balaban J connectivity index is 1.39. The minimum atomic E-state index is -0.302. The Bertz CT molecular complexity index is 1090. The van der Waals surface area contributed by atoms with E-state index in [0.29, 0.717) is 30.5 Å². The number of carbonyl (C=O) groups is 2. The van der Waals surface area contributed by atoms with Crippen LogP contribution in [0.5, 0.6) is 0 Å². The molecule has 4 rings (SSSR count). The molecule has 0 unspecified atom stereocenters. The van der Waals surface area contributed by atoms with Gasteiger partial charge in [-0.15, -0.1) is 11.3 Å². The number of piperazine rings is 1. The van der Waals surface area contributed by atoms with Crippen LogP contribution in [0.25, 0.3) is 11.3 Å². The van der Waals surface area contributed by atoms with E-state index in [-0.39, 0.29) is 11.8 Å². The predicted molar refractivity (Wildman–Crippen MR) is 125 cm³/mol. The Morgan fingerprint density at radius 1 is 1.12 bits per heavy atom. The molecule has 3 heterocycles. The van der Waals surface area contributed by atoms with Gasteiger partial charge in [-0.25, -0.2) is 9.97 Å². The smallest absolute Gasteiger partial charge is 0.276 e. The Morgan fingerprint density at radius 2 is 1.91 bits per heavy atom. The zero-order valence-electron chi connectivity index (χ0n) is 18.1. The first kappa shape index (κ1) is 21.9. The molecule has 2 amide bonds. The van der Waals surface area contributed by atoms with Gasteiger partial charge >= 0.3 is 0 Å². The Hall–Kier alpha value is -3.30. The van der Waals surface area contributed by atoms with Crippen molar-refractivity contribution < 1.29 is 14.3 Å². The van der Waals surface area contributed by atoms with Gasteiger partial charge in [-0.05, 0) is 17.7 Å². The summed E-state index contributed by atoms with van der Waals surface area (Å²) in [4.78, 5) is 37.0. The summed E-state index contributed by atoms with van der Waals surface area (Å²) in [7, 11) is 1.66. The number of pyridine rings is 1. The number of hydrogen-bond donors (Lipinski definition) is 1. The normalized spacial score (nSPS) is 13.8. The van der Waals surface area contributed by atoms with Gasteiger partial charge in [0, 0.05) is 51.2 Å². The second kappa shape index (κ2) is 9.88. The van der Waals surface area contributed by atoms with Gasteiger partial charge in [0.2, 0.25) is 5.91 Å². The molecule has 9 heteroatoms. The van der Waals surface area contributed by atoms with Crippen LogP contribution in [-0.4, -0.2) is 60.0 Å². The first-order valence-electron chi connectivity index (χ1n) is 10.4. The SMILES string of the molecule is COCc1ccccc1-c1csc(NC(=O)c2ccc(N3CCN(C(C)=O)CC3)cn2)n1. The van der Waals surface area contributed by atoms with Crippen molar-refractivity contribution in [2.75, 3.05) is 43.5 Å². The molecule has 1 aromatic carbocycles. The molecule has 2 aromatic heterocycles. The van der Waals surface area contributed by atoms with Crippen molar-refractivity contribution in [3.8, 4) is 11.3 Å². The lowest BCUT2D eigenvalue weighted by molar-refractivity contribution is -0.129. The lowest BCUT2D eigenvalue weighted by Gasteiger charge is -2.35. The van der Waals surface area contributed by atoms with Crippen LogP contribution in [0.1, 0.15) is 23.0 Å². The standard InChI is InChI=1S/C23H25N5O3S/c1-16(29)27-9-11-28(12-10-27)18-7-8-20(24-13-18)22(30)26-23-25-21(15-32-23)19-6-4-3-5-17(19)14-31-2/h3-8,13,15H,9-12,14H2,1-2H3,(H,25,26,30). The molecular weight excluding hydrogens is 426 g/mol. The maximum Gasteiger partial charge on any atom is 0.276 e. The summed E-state index contributed by atoms with van der Waals surface area (Å²) in [6.07, 6.45) is 1.70. The number of methoxy groups -OCH3 is 1. The van der Waals surface area contributed by atoms with E-state index in [2.05, 4.69) is 20.2 Å². The number of anilines is 2. The number of aromatic nitrogens is 2. The van der Waals surface area contributed by atoms with Gasteiger partial charge in [0.05, 0.1) is 24.2 Å². The van der Waals surface area contributed by atoms with Crippen molar-refractivity contribution >= 4 is 34.0 Å². The van der Waals surface area contributed by atoms with Crippen LogP contribution in [0, 0.1) is 0 Å². The van der Waals surface area contributed by atoms with E-state index in [0.717, 1.165) is 35.6 Å². The zero-order chi connectivity index (χ0) is 22.5. The van der Waals surface area contributed by atoms with Gasteiger partial charge < -0.3 is 14.5 Å². The minimum Gasteiger partial charge on any atom is -0.380 e. The molecule has 8 nitrogen and oxygen atoms in total. The molecule has 0 aliphatic carbocycles. The Labute approximate surface area is 190 Å². The molecule has 32 heavy (non-hydrogen) atoms. The molecule has 0 spiro atoms. The van der Waals surface area contributed by atoms with Gasteiger partial charge in [0.25, 0.3) is 5.91 Å². The topological polar surface area (TPSA) is 87.7 Å². The fourth-order valence-corrected chi connectivity index (χ4v) is 4.36. The van der Waals surface area contributed by atoms with Crippen molar-refractivity contribution in [2.24, 2.45) is 0 Å². The maximum atomic E-state index is 12.7. The molecule has 1 N–H and O–H groups in total. The zero-order valence-corrected chi connectivity index (χ0v) is 18.9. The van der Waals surface area contributed by atoms with E-state index < -0.39 is 0 Å². The molecular formula is C23H25N5O3S. The lowest BCUT2D eigenvalue weighted by Crippen LogP contribution is -2.48. The highest BCUT2D eigenvalue weighted by molar-refractivity contribution is 7.14. The second-order valence-corrected chi connectivity index (χ2v) is 8.34. The summed E-state index contributed by atoms with van der Waals surface area (Å²) in [6, 6.07) is 11.5. The number of hydrogen-bond acceptors (Lipinski definition) is 7. The van der Waals surface area contributed by atoms with Crippen molar-refractivity contribution in [2.45, 2.75) is 13.5 Å². The molecule has 1 aliphatic heterocycles. The van der Waals surface area contributed by atoms with Crippen molar-refractivity contribution in [1.82, 2.24) is 14.9 Å². The number of thiazole rings is 1. The molecule has 1 aliphatic rings. The van der Waals surface area contributed by atoms with Gasteiger partial charge in [-0.3, -0.25) is 14.9 Å². The van der Waals surface area contributed by atoms with Gasteiger partial charge in [0.15, 0.2) is 5.13 Å². The van der Waals surface area contributed by atoms with Crippen molar-refractivity contribution in [3.05, 3.63) is 59.2 Å². The van der Waals surface area contributed by atoms with Crippen LogP contribution in [0.4, 0.5) is 10.8 Å². The number of benzene rings is 1. The molecule has 0 bridgehead atoms. The van der Waals surface area contributed by atoms with Crippen LogP contribution < -0.4 is 10.2 Å². The highest BCUT2D eigenvalue weighted by atomic mass is 32.1. The van der Waals surface area contributed by atoms with Crippen LogP contribution >= 0.6 is 11.3 Å². The van der Waals surface area contributed by atoms with Gasteiger partial charge in [-0.2, -0.15) is 0 Å². The monoisotopic (exact) mass is 451 g/mol. The Kier molecular flexibility index (Phi) is 6.77. The highest BCUT2D eigenvalue weighted by Gasteiger charge is 2.19. The highest BCUT2D eigenvalue weighted by Crippen LogP contribution is 2.28. The summed E-state index contributed by atoms with van der Waals surface area (Å²) in [5, 5.41) is 5.27. The molecule has 1 fully saturated rings. The average molecular weight is 452 g/mol. The minimum absolute atomic E-state index is 0.0994. The summed E-state index contributed by atoms with van der Waals surface area (Å²) >= 11 is 1.37. The molecule has 0 saturated carbocycles. The number of nitrogens with one attached hydrogen (secondary N) is 1. The van der Waals surface area contributed by atoms with E-state index in [1.165, 1.54) is 11.3 Å². The quantitative estimate of drug-likeness (QED) is 0.619. The molecule has 1 saturated heterocycles. The summed E-state index contributed by atoms with van der Waals surface area (Å²) in [5.41, 5.74) is 4.09. The number of nitrogens with zero attached hydrogens (tertiary/aromatic N) is 4. The third-order valence-corrected chi connectivity index (χ3v) is 6.15. The Morgan fingerprint density at radius 3 is 2.59 bits per heavy atom. The third kappa shape index (κ3) is 4.95. The first-order chi connectivity index (χ1) is 15.5. The van der Waals surface area contributed by atoms with Gasteiger partial charge in [0.1, 0.15) is 5.69 Å². The fourth-order valence-electron chi connectivity index (χ4n) is 3.65. The molecule has 166 valence electrons. The van der Waals surface area contributed by atoms with Crippen molar-refractivity contribution in [1.29, 1.82) is 0 Å². The molecule has 0 atom stereocenters. The number of rotatable bonds is 6. The van der Waals surface area contributed by atoms with E-state index in [9.17, 15) is 9.59 Å². The van der Waals surface area contributed by atoms with Crippen LogP contribution in [0.15, 0.2) is 48.0 Å². The molecule has 0 radical (unpaired) electrons. The van der Waals surface area contributed by atoms with Crippen LogP contribution in [-0.2, 0) is 16.1 Å². The third-order valence-electron chi connectivity index (χ3n) is 5.39. The van der Waals surface area contributed by atoms with E-state index in [4.69, 9.17) is 4.74 Å². The van der Waals surface area contributed by atoms with Crippen LogP contribution in [0.3, 0.4) is 0 Å². The maximum absolute atomic E-state index is 12.7. The number of carbonyl (C=O) groups excluding carboxylic acids is 2. The lowest BCUT2D eigenvalue weighted by atomic mass is 10.1. The van der Waals surface area contributed by atoms with Crippen LogP contribution in [0.2, 0.25) is 0 Å². The second-order valence-electron chi connectivity index (χ2n) is 7.48. The number of ether oxygens (including phenoxy) is 1. The van der Waals surface area contributed by atoms with E-state index in [1.807, 2.05) is 40.6 Å². The predicted octanol–water partition coefficient (Wildman–Crippen LogP) is 3.27. The summed E-state index contributed by atoms with van der Waals surface area (Å²) < 4.78 is 5.27. The van der Waals surface area contributed by atoms with E-state index in [1.54, 1.807) is 26.3 Å². The fraction of sp³-hybridized carbons (Fsp3) is 0.304. The van der Waals surface area contributed by atoms with E-state index >= 15 is 0 Å². The van der Waals surface area contributed by atoms with Crippen molar-refractivity contribution in [3.63, 3.8) is 0 Å².